The van der Waals surface area contributed by atoms with Crippen LogP contribution >= 0.6 is 0 Å². The van der Waals surface area contributed by atoms with Gasteiger partial charge in [-0.15, -0.1) is 0 Å². The molecule has 152 valence electrons. The monoisotopic (exact) mass is 388 g/mol. The molecule has 7 heteroatoms. The summed E-state index contributed by atoms with van der Waals surface area (Å²) in [5.41, 5.74) is 1.04. The Balaban J connectivity index is 1.65. The summed E-state index contributed by atoms with van der Waals surface area (Å²) in [5.74, 6) is -2.06. The van der Waals surface area contributed by atoms with Crippen LogP contribution in [0.15, 0.2) is 30.3 Å². The highest BCUT2D eigenvalue weighted by Gasteiger charge is 2.49. The molecule has 0 aromatic heterocycles. The van der Waals surface area contributed by atoms with E-state index < -0.39 is 30.1 Å². The number of carbonyl (C=O) groups excluding carboxylic acids is 1. The quantitative estimate of drug-likeness (QED) is 0.628. The van der Waals surface area contributed by atoms with Gasteiger partial charge >= 0.3 is 11.9 Å². The number of aliphatic carboxylic acids is 2. The molecule has 1 aromatic carbocycles. The minimum absolute atomic E-state index is 0.0366. The van der Waals surface area contributed by atoms with Gasteiger partial charge in [-0.2, -0.15) is 0 Å². The Morgan fingerprint density at radius 2 is 1.89 bits per heavy atom. The van der Waals surface area contributed by atoms with Crippen molar-refractivity contribution >= 4 is 17.8 Å². The minimum Gasteiger partial charge on any atom is -0.480 e. The second-order valence-electron chi connectivity index (χ2n) is 7.90. The number of amides is 1. The third-order valence-corrected chi connectivity index (χ3v) is 6.06. The van der Waals surface area contributed by atoms with E-state index in [1.54, 1.807) is 6.92 Å². The van der Waals surface area contributed by atoms with Crippen molar-refractivity contribution in [2.75, 3.05) is 0 Å². The van der Waals surface area contributed by atoms with Crippen molar-refractivity contribution in [2.45, 2.75) is 69.6 Å². The lowest BCUT2D eigenvalue weighted by Gasteiger charge is -2.31. The Morgan fingerprint density at radius 1 is 1.18 bits per heavy atom. The third kappa shape index (κ3) is 4.35. The molecule has 0 radical (unpaired) electrons. The SMILES string of the molecule is C[C@H](N[C@@H](CCc1ccccc1)C(=O)O)C(=O)N1[C@H](C(=O)O)C[C@@H]2CCC[C@@H]21. The van der Waals surface area contributed by atoms with Crippen LogP contribution in [0.2, 0.25) is 0 Å². The lowest BCUT2D eigenvalue weighted by atomic mass is 10.0. The fraction of sp³-hybridized carbons (Fsp3) is 0.571. The first kappa shape index (κ1) is 20.3. The number of carboxylic acid groups (broad SMARTS) is 2. The zero-order valence-corrected chi connectivity index (χ0v) is 16.1. The summed E-state index contributed by atoms with van der Waals surface area (Å²) >= 11 is 0. The van der Waals surface area contributed by atoms with Crippen LogP contribution in [0.4, 0.5) is 0 Å². The highest BCUT2D eigenvalue weighted by molar-refractivity contribution is 5.88. The summed E-state index contributed by atoms with van der Waals surface area (Å²) in [6, 6.07) is 7.13. The van der Waals surface area contributed by atoms with Crippen molar-refractivity contribution in [3.8, 4) is 0 Å². The maximum Gasteiger partial charge on any atom is 0.326 e. The predicted octanol–water partition coefficient (Wildman–Crippen LogP) is 1.90. The summed E-state index contributed by atoms with van der Waals surface area (Å²) in [7, 11) is 0. The summed E-state index contributed by atoms with van der Waals surface area (Å²) in [6.45, 7) is 1.63. The van der Waals surface area contributed by atoms with Gasteiger partial charge in [-0.1, -0.05) is 36.8 Å². The average Bonchev–Trinajstić information content (AvgIpc) is 3.26. The summed E-state index contributed by atoms with van der Waals surface area (Å²) < 4.78 is 0. The lowest BCUT2D eigenvalue weighted by molar-refractivity contribution is -0.151. The van der Waals surface area contributed by atoms with Gasteiger partial charge in [-0.05, 0) is 50.5 Å². The van der Waals surface area contributed by atoms with E-state index in [4.69, 9.17) is 0 Å². The lowest BCUT2D eigenvalue weighted by Crippen LogP contribution is -2.55. The average molecular weight is 388 g/mol. The minimum atomic E-state index is -1.01. The molecule has 1 heterocycles. The molecule has 2 aliphatic rings. The van der Waals surface area contributed by atoms with Crippen molar-refractivity contribution in [2.24, 2.45) is 5.92 Å². The van der Waals surface area contributed by atoms with Crippen LogP contribution in [0.1, 0.15) is 44.6 Å². The number of aryl methyl sites for hydroxylation is 1. The molecule has 2 fully saturated rings. The van der Waals surface area contributed by atoms with Crippen LogP contribution in [-0.4, -0.2) is 57.1 Å². The molecule has 1 saturated carbocycles. The molecule has 28 heavy (non-hydrogen) atoms. The van der Waals surface area contributed by atoms with Crippen LogP contribution in [-0.2, 0) is 20.8 Å². The van der Waals surface area contributed by atoms with Gasteiger partial charge in [-0.25, -0.2) is 4.79 Å². The number of carbonyl (C=O) groups is 3. The van der Waals surface area contributed by atoms with Gasteiger partial charge in [-0.3, -0.25) is 14.9 Å². The van der Waals surface area contributed by atoms with Gasteiger partial charge < -0.3 is 15.1 Å². The maximum atomic E-state index is 13.0. The van der Waals surface area contributed by atoms with E-state index >= 15 is 0 Å². The molecule has 7 nitrogen and oxygen atoms in total. The predicted molar refractivity (Wildman–Crippen MR) is 103 cm³/mol. The van der Waals surface area contributed by atoms with E-state index in [1.165, 1.54) is 4.90 Å². The molecule has 0 unspecified atom stereocenters. The van der Waals surface area contributed by atoms with Gasteiger partial charge in [0.25, 0.3) is 0 Å². The van der Waals surface area contributed by atoms with Crippen molar-refractivity contribution in [3.63, 3.8) is 0 Å². The highest BCUT2D eigenvalue weighted by atomic mass is 16.4. The molecule has 0 bridgehead atoms. The first-order chi connectivity index (χ1) is 13.4. The normalized spacial score (nSPS) is 25.9. The summed E-state index contributed by atoms with van der Waals surface area (Å²) in [5, 5.41) is 22.0. The molecule has 1 aliphatic carbocycles. The van der Waals surface area contributed by atoms with Gasteiger partial charge in [0, 0.05) is 6.04 Å². The summed E-state index contributed by atoms with van der Waals surface area (Å²) in [4.78, 5) is 37.9. The number of carboxylic acids is 2. The number of rotatable bonds is 8. The smallest absolute Gasteiger partial charge is 0.326 e. The van der Waals surface area contributed by atoms with Crippen LogP contribution < -0.4 is 5.32 Å². The number of likely N-dealkylation sites (tertiary alicyclic amines) is 1. The van der Waals surface area contributed by atoms with Crippen LogP contribution in [0.3, 0.4) is 0 Å². The molecular weight excluding hydrogens is 360 g/mol. The van der Waals surface area contributed by atoms with E-state index in [0.717, 1.165) is 24.8 Å². The highest BCUT2D eigenvalue weighted by Crippen LogP contribution is 2.41. The summed E-state index contributed by atoms with van der Waals surface area (Å²) in [6.07, 6.45) is 4.21. The zero-order chi connectivity index (χ0) is 20.3. The molecule has 1 aromatic rings. The van der Waals surface area contributed by atoms with E-state index in [-0.39, 0.29) is 17.9 Å². The molecular formula is C21H28N2O5. The standard InChI is InChI=1S/C21H28N2O5/c1-13(22-16(20(25)26)11-10-14-6-3-2-4-7-14)19(24)23-17-9-5-8-15(17)12-18(23)21(27)28/h2-4,6-7,13,15-18,22H,5,8-12H2,1H3,(H,25,26)(H,27,28)/t13-,15-,16-,17-,18-/m0/s1. The first-order valence-electron chi connectivity index (χ1n) is 9.96. The van der Waals surface area contributed by atoms with Crippen LogP contribution in [0.25, 0.3) is 0 Å². The topological polar surface area (TPSA) is 107 Å². The fourth-order valence-electron chi connectivity index (χ4n) is 4.66. The number of hydrogen-bond acceptors (Lipinski definition) is 4. The van der Waals surface area contributed by atoms with Gasteiger partial charge in [0.05, 0.1) is 6.04 Å². The van der Waals surface area contributed by atoms with Crippen molar-refractivity contribution < 1.29 is 24.6 Å². The van der Waals surface area contributed by atoms with E-state index in [0.29, 0.717) is 19.3 Å². The molecule has 1 saturated heterocycles. The Kier molecular flexibility index (Phi) is 6.34. The van der Waals surface area contributed by atoms with E-state index in [2.05, 4.69) is 5.32 Å². The third-order valence-electron chi connectivity index (χ3n) is 6.06. The molecule has 1 amide bonds. The van der Waals surface area contributed by atoms with Gasteiger partial charge in [0.15, 0.2) is 0 Å². The van der Waals surface area contributed by atoms with E-state index in [9.17, 15) is 24.6 Å². The van der Waals surface area contributed by atoms with Gasteiger partial charge in [0.1, 0.15) is 12.1 Å². The molecule has 3 rings (SSSR count). The van der Waals surface area contributed by atoms with Crippen molar-refractivity contribution in [1.82, 2.24) is 10.2 Å². The van der Waals surface area contributed by atoms with Crippen molar-refractivity contribution in [1.29, 1.82) is 0 Å². The Hall–Kier alpha value is -2.41. The number of fused-ring (bicyclic) bond motifs is 1. The Morgan fingerprint density at radius 3 is 2.54 bits per heavy atom. The Labute approximate surface area is 164 Å². The fourth-order valence-corrected chi connectivity index (χ4v) is 4.66. The maximum absolute atomic E-state index is 13.0. The van der Waals surface area contributed by atoms with Gasteiger partial charge in [0.2, 0.25) is 5.91 Å². The number of hydrogen-bond donors (Lipinski definition) is 3. The van der Waals surface area contributed by atoms with E-state index in [1.807, 2.05) is 30.3 Å². The van der Waals surface area contributed by atoms with Crippen LogP contribution in [0, 0.1) is 5.92 Å². The Bertz CT molecular complexity index is 723. The molecule has 0 spiro atoms. The molecule has 5 atom stereocenters. The first-order valence-corrected chi connectivity index (χ1v) is 9.96. The largest absolute Gasteiger partial charge is 0.480 e. The van der Waals surface area contributed by atoms with Crippen molar-refractivity contribution in [3.05, 3.63) is 35.9 Å². The molecule has 3 N–H and O–H groups in total. The number of nitrogens with one attached hydrogen (secondary N) is 1. The molecule has 1 aliphatic heterocycles. The van der Waals surface area contributed by atoms with Crippen LogP contribution in [0.5, 0.6) is 0 Å². The second-order valence-corrected chi connectivity index (χ2v) is 7.90. The second kappa shape index (κ2) is 8.73. The number of benzene rings is 1. The number of nitrogens with zero attached hydrogens (tertiary/aromatic N) is 1. The zero-order valence-electron chi connectivity index (χ0n) is 16.1.